The van der Waals surface area contributed by atoms with Gasteiger partial charge in [0.15, 0.2) is 5.82 Å². The van der Waals surface area contributed by atoms with Gasteiger partial charge in [-0.2, -0.15) is 4.98 Å². The SMILES string of the molecule is COc1ccc2c(n1)N1CC(OC)CC1C(=O)N2. The summed E-state index contributed by atoms with van der Waals surface area (Å²) in [6.45, 7) is 0.682. The van der Waals surface area contributed by atoms with Gasteiger partial charge in [-0.15, -0.1) is 0 Å². The zero-order valence-corrected chi connectivity index (χ0v) is 10.3. The predicted molar refractivity (Wildman–Crippen MR) is 66.0 cm³/mol. The summed E-state index contributed by atoms with van der Waals surface area (Å²) in [6.07, 6.45) is 0.764. The number of carbonyl (C=O) groups excluding carboxylic acids is 1. The Balaban J connectivity index is 2.01. The molecule has 1 fully saturated rings. The molecule has 2 aliphatic heterocycles. The lowest BCUT2D eigenvalue weighted by Crippen LogP contribution is -2.44. The molecular weight excluding hydrogens is 234 g/mol. The molecule has 0 saturated carbocycles. The lowest BCUT2D eigenvalue weighted by molar-refractivity contribution is -0.117. The minimum atomic E-state index is -0.193. The molecule has 6 heteroatoms. The normalized spacial score (nSPS) is 25.4. The maximum atomic E-state index is 12.0. The van der Waals surface area contributed by atoms with Crippen molar-refractivity contribution >= 4 is 17.4 Å². The zero-order valence-electron chi connectivity index (χ0n) is 10.3. The highest BCUT2D eigenvalue weighted by Crippen LogP contribution is 2.36. The quantitative estimate of drug-likeness (QED) is 0.833. The highest BCUT2D eigenvalue weighted by molar-refractivity contribution is 6.03. The largest absolute Gasteiger partial charge is 0.481 e. The third-order valence-corrected chi connectivity index (χ3v) is 3.49. The van der Waals surface area contributed by atoms with Gasteiger partial charge in [-0.3, -0.25) is 4.79 Å². The number of amides is 1. The van der Waals surface area contributed by atoms with Crippen molar-refractivity contribution in [2.75, 3.05) is 31.0 Å². The molecule has 2 atom stereocenters. The van der Waals surface area contributed by atoms with Crippen LogP contribution in [-0.4, -0.2) is 43.8 Å². The Kier molecular flexibility index (Phi) is 2.59. The third-order valence-electron chi connectivity index (χ3n) is 3.49. The minimum Gasteiger partial charge on any atom is -0.481 e. The van der Waals surface area contributed by atoms with Crippen molar-refractivity contribution in [2.24, 2.45) is 0 Å². The fourth-order valence-electron chi connectivity index (χ4n) is 2.53. The van der Waals surface area contributed by atoms with E-state index in [9.17, 15) is 4.79 Å². The Labute approximate surface area is 105 Å². The fraction of sp³-hybridized carbons (Fsp3) is 0.500. The van der Waals surface area contributed by atoms with Crippen molar-refractivity contribution in [1.82, 2.24) is 4.98 Å². The van der Waals surface area contributed by atoms with E-state index in [1.54, 1.807) is 20.3 Å². The second-order valence-corrected chi connectivity index (χ2v) is 4.48. The Morgan fingerprint density at radius 3 is 3.00 bits per heavy atom. The van der Waals surface area contributed by atoms with Gasteiger partial charge in [-0.1, -0.05) is 0 Å². The Morgan fingerprint density at radius 2 is 2.28 bits per heavy atom. The van der Waals surface area contributed by atoms with Crippen molar-refractivity contribution in [1.29, 1.82) is 0 Å². The number of rotatable bonds is 2. The number of pyridine rings is 1. The summed E-state index contributed by atoms with van der Waals surface area (Å²) in [7, 11) is 3.25. The van der Waals surface area contributed by atoms with Crippen molar-refractivity contribution in [3.05, 3.63) is 12.1 Å². The van der Waals surface area contributed by atoms with Crippen LogP contribution < -0.4 is 15.0 Å². The van der Waals surface area contributed by atoms with Crippen molar-refractivity contribution in [3.63, 3.8) is 0 Å². The number of fused-ring (bicyclic) bond motifs is 3. The number of aromatic nitrogens is 1. The van der Waals surface area contributed by atoms with Crippen LogP contribution in [0.1, 0.15) is 6.42 Å². The van der Waals surface area contributed by atoms with E-state index in [1.807, 2.05) is 11.0 Å². The number of anilines is 2. The molecule has 1 aromatic rings. The van der Waals surface area contributed by atoms with E-state index in [0.717, 1.165) is 11.5 Å². The lowest BCUT2D eigenvalue weighted by Gasteiger charge is -2.31. The number of hydrogen-bond donors (Lipinski definition) is 1. The molecule has 1 saturated heterocycles. The maximum absolute atomic E-state index is 12.0. The van der Waals surface area contributed by atoms with E-state index >= 15 is 0 Å². The summed E-state index contributed by atoms with van der Waals surface area (Å²) in [4.78, 5) is 18.4. The summed E-state index contributed by atoms with van der Waals surface area (Å²) in [5.74, 6) is 1.32. The lowest BCUT2D eigenvalue weighted by atomic mass is 10.1. The molecule has 0 radical (unpaired) electrons. The van der Waals surface area contributed by atoms with Crippen molar-refractivity contribution < 1.29 is 14.3 Å². The van der Waals surface area contributed by atoms with Crippen LogP contribution in [0.25, 0.3) is 0 Å². The highest BCUT2D eigenvalue weighted by atomic mass is 16.5. The molecule has 2 unspecified atom stereocenters. The monoisotopic (exact) mass is 249 g/mol. The van der Waals surface area contributed by atoms with E-state index < -0.39 is 0 Å². The summed E-state index contributed by atoms with van der Waals surface area (Å²) in [5.41, 5.74) is 0.730. The van der Waals surface area contributed by atoms with Gasteiger partial charge in [0, 0.05) is 26.1 Å². The fourth-order valence-corrected chi connectivity index (χ4v) is 2.53. The maximum Gasteiger partial charge on any atom is 0.247 e. The van der Waals surface area contributed by atoms with Gasteiger partial charge < -0.3 is 19.7 Å². The first kappa shape index (κ1) is 11.3. The van der Waals surface area contributed by atoms with Gasteiger partial charge in [0.05, 0.1) is 18.9 Å². The van der Waals surface area contributed by atoms with Crippen LogP contribution in [-0.2, 0) is 9.53 Å². The van der Waals surface area contributed by atoms with E-state index in [-0.39, 0.29) is 18.1 Å². The second-order valence-electron chi connectivity index (χ2n) is 4.48. The first-order chi connectivity index (χ1) is 8.72. The number of hydrogen-bond acceptors (Lipinski definition) is 5. The molecule has 3 heterocycles. The first-order valence-corrected chi connectivity index (χ1v) is 5.88. The van der Waals surface area contributed by atoms with E-state index in [4.69, 9.17) is 9.47 Å². The summed E-state index contributed by atoms with van der Waals surface area (Å²) in [5, 5.41) is 2.87. The molecule has 3 rings (SSSR count). The van der Waals surface area contributed by atoms with Crippen LogP contribution in [0.15, 0.2) is 12.1 Å². The van der Waals surface area contributed by atoms with E-state index in [2.05, 4.69) is 10.3 Å². The second kappa shape index (κ2) is 4.13. The van der Waals surface area contributed by atoms with Gasteiger partial charge in [0.1, 0.15) is 6.04 Å². The molecule has 1 amide bonds. The number of carbonyl (C=O) groups is 1. The van der Waals surface area contributed by atoms with Crippen LogP contribution in [0.2, 0.25) is 0 Å². The van der Waals surface area contributed by atoms with Gasteiger partial charge in [-0.25, -0.2) is 0 Å². The molecular formula is C12H15N3O3. The number of methoxy groups -OCH3 is 2. The minimum absolute atomic E-state index is 0.00835. The zero-order chi connectivity index (χ0) is 12.7. The van der Waals surface area contributed by atoms with Crippen LogP contribution in [0.5, 0.6) is 5.88 Å². The molecule has 18 heavy (non-hydrogen) atoms. The average Bonchev–Trinajstić information content (AvgIpc) is 2.83. The first-order valence-electron chi connectivity index (χ1n) is 5.88. The Morgan fingerprint density at radius 1 is 1.44 bits per heavy atom. The molecule has 0 spiro atoms. The Hall–Kier alpha value is -1.82. The van der Waals surface area contributed by atoms with Crippen molar-refractivity contribution in [3.8, 4) is 5.88 Å². The summed E-state index contributed by atoms with van der Waals surface area (Å²) < 4.78 is 10.5. The number of ether oxygens (including phenoxy) is 2. The smallest absolute Gasteiger partial charge is 0.247 e. The number of nitrogens with one attached hydrogen (secondary N) is 1. The summed E-state index contributed by atoms with van der Waals surface area (Å²) in [6, 6.07) is 3.36. The van der Waals surface area contributed by atoms with Gasteiger partial charge in [0.2, 0.25) is 11.8 Å². The van der Waals surface area contributed by atoms with Crippen LogP contribution in [0.3, 0.4) is 0 Å². The van der Waals surface area contributed by atoms with Gasteiger partial charge in [0.25, 0.3) is 0 Å². The van der Waals surface area contributed by atoms with Gasteiger partial charge in [-0.05, 0) is 6.07 Å². The standard InChI is InChI=1S/C12H15N3O3/c1-17-7-5-9-12(16)13-8-3-4-10(18-2)14-11(8)15(9)6-7/h3-4,7,9H,5-6H2,1-2H3,(H,13,16). The topological polar surface area (TPSA) is 63.7 Å². The molecule has 6 nitrogen and oxygen atoms in total. The molecule has 0 aromatic carbocycles. The molecule has 1 N–H and O–H groups in total. The molecule has 2 aliphatic rings. The summed E-state index contributed by atoms with van der Waals surface area (Å²) >= 11 is 0. The van der Waals surface area contributed by atoms with Gasteiger partial charge >= 0.3 is 0 Å². The highest BCUT2D eigenvalue weighted by Gasteiger charge is 2.42. The molecule has 96 valence electrons. The average molecular weight is 249 g/mol. The van der Waals surface area contributed by atoms with E-state index in [1.165, 1.54) is 0 Å². The van der Waals surface area contributed by atoms with Crippen LogP contribution >= 0.6 is 0 Å². The van der Waals surface area contributed by atoms with Crippen LogP contribution in [0, 0.1) is 0 Å². The molecule has 0 bridgehead atoms. The predicted octanol–water partition coefficient (Wildman–Crippen LogP) is 0.636. The third kappa shape index (κ3) is 1.60. The van der Waals surface area contributed by atoms with Crippen LogP contribution in [0.4, 0.5) is 11.5 Å². The number of nitrogens with zero attached hydrogens (tertiary/aromatic N) is 2. The molecule has 0 aliphatic carbocycles. The Bertz CT molecular complexity index is 491. The van der Waals surface area contributed by atoms with Crippen molar-refractivity contribution in [2.45, 2.75) is 18.6 Å². The van der Waals surface area contributed by atoms with E-state index in [0.29, 0.717) is 18.8 Å². The molecule has 1 aromatic heterocycles.